The predicted molar refractivity (Wildman–Crippen MR) is 93.9 cm³/mol. The Hall–Kier alpha value is -2.49. The van der Waals surface area contributed by atoms with Crippen LogP contribution in [-0.4, -0.2) is 35.6 Å². The van der Waals surface area contributed by atoms with Crippen molar-refractivity contribution in [1.82, 2.24) is 24.1 Å². The van der Waals surface area contributed by atoms with Gasteiger partial charge in [-0.05, 0) is 23.7 Å². The lowest BCUT2D eigenvalue weighted by Gasteiger charge is -2.24. The molecule has 132 valence electrons. The predicted octanol–water partition coefficient (Wildman–Crippen LogP) is 2.89. The van der Waals surface area contributed by atoms with Crippen molar-refractivity contribution in [3.05, 3.63) is 33.8 Å². The molecule has 0 spiro atoms. The Morgan fingerprint density at radius 1 is 1.48 bits per heavy atom. The van der Waals surface area contributed by atoms with Crippen LogP contribution in [-0.2, 0) is 6.54 Å². The summed E-state index contributed by atoms with van der Waals surface area (Å²) in [4.78, 5) is 18.5. The fraction of sp³-hybridized carbons (Fsp3) is 0.533. The molecule has 3 aromatic heterocycles. The van der Waals surface area contributed by atoms with Crippen LogP contribution in [0.5, 0.6) is 0 Å². The number of anilines is 1. The van der Waals surface area contributed by atoms with Gasteiger partial charge in [-0.3, -0.25) is 0 Å². The molecule has 1 atom stereocenters. The summed E-state index contributed by atoms with van der Waals surface area (Å²) >= 11 is 1.40. The molecule has 1 unspecified atom stereocenters. The molecule has 1 fully saturated rings. The number of rotatable bonds is 5. The van der Waals surface area contributed by atoms with Crippen LogP contribution in [0.1, 0.15) is 38.6 Å². The third-order valence-corrected chi connectivity index (χ3v) is 5.18. The number of fused-ring (bicyclic) bond motifs is 1. The van der Waals surface area contributed by atoms with E-state index < -0.39 is 0 Å². The topological polar surface area (TPSA) is 94.4 Å². The summed E-state index contributed by atoms with van der Waals surface area (Å²) in [6.45, 7) is 5.84. The maximum Gasteiger partial charge on any atom is 0.373 e. The number of nitro groups is 1. The smallest absolute Gasteiger partial charge is 0.358 e. The second kappa shape index (κ2) is 6.10. The van der Waals surface area contributed by atoms with Crippen LogP contribution in [0, 0.1) is 16.0 Å². The van der Waals surface area contributed by atoms with E-state index in [1.54, 1.807) is 22.3 Å². The van der Waals surface area contributed by atoms with E-state index in [0.717, 1.165) is 31.8 Å². The van der Waals surface area contributed by atoms with E-state index >= 15 is 0 Å². The Morgan fingerprint density at radius 2 is 2.32 bits per heavy atom. The molecule has 0 radical (unpaired) electrons. The van der Waals surface area contributed by atoms with Gasteiger partial charge in [0.25, 0.3) is 4.96 Å². The summed E-state index contributed by atoms with van der Waals surface area (Å²) < 4.78 is 3.60. The Balaban J connectivity index is 1.76. The molecular formula is C15H19N7O2S. The summed E-state index contributed by atoms with van der Waals surface area (Å²) in [5, 5.41) is 21.8. The van der Waals surface area contributed by atoms with Crippen molar-refractivity contribution in [2.45, 2.75) is 39.3 Å². The summed E-state index contributed by atoms with van der Waals surface area (Å²) in [6.07, 6.45) is 5.27. The normalized spacial score (nSPS) is 17.9. The number of hydrogen-bond acceptors (Lipinski definition) is 7. The largest absolute Gasteiger partial charge is 0.373 e. The molecule has 10 heteroatoms. The van der Waals surface area contributed by atoms with Crippen LogP contribution in [0.4, 0.5) is 11.6 Å². The molecule has 0 aromatic carbocycles. The molecule has 1 saturated heterocycles. The molecule has 4 rings (SSSR count). The van der Waals surface area contributed by atoms with Crippen LogP contribution in [0.2, 0.25) is 0 Å². The zero-order valence-electron chi connectivity index (χ0n) is 14.1. The van der Waals surface area contributed by atoms with Crippen molar-refractivity contribution in [3.8, 4) is 0 Å². The first-order valence-electron chi connectivity index (χ1n) is 8.30. The maximum absolute atomic E-state index is 11.6. The minimum atomic E-state index is -0.351. The van der Waals surface area contributed by atoms with Gasteiger partial charge in [0.05, 0.1) is 6.04 Å². The third-order valence-electron chi connectivity index (χ3n) is 4.42. The number of hydrogen-bond donors (Lipinski definition) is 0. The van der Waals surface area contributed by atoms with Crippen LogP contribution < -0.4 is 4.90 Å². The zero-order chi connectivity index (χ0) is 17.6. The molecule has 4 heterocycles. The second-order valence-electron chi connectivity index (χ2n) is 6.66. The van der Waals surface area contributed by atoms with E-state index in [-0.39, 0.29) is 16.8 Å². The number of nitrogens with zero attached hydrogens (tertiary/aromatic N) is 7. The Morgan fingerprint density at radius 3 is 3.08 bits per heavy atom. The van der Waals surface area contributed by atoms with Crippen molar-refractivity contribution in [2.24, 2.45) is 5.92 Å². The third kappa shape index (κ3) is 2.66. The Labute approximate surface area is 148 Å². The monoisotopic (exact) mass is 361 g/mol. The van der Waals surface area contributed by atoms with E-state index in [0.29, 0.717) is 16.7 Å². The van der Waals surface area contributed by atoms with Gasteiger partial charge < -0.3 is 19.6 Å². The van der Waals surface area contributed by atoms with Gasteiger partial charge in [-0.2, -0.15) is 9.38 Å². The molecular weight excluding hydrogens is 342 g/mol. The average molecular weight is 361 g/mol. The molecule has 0 aliphatic carbocycles. The van der Waals surface area contributed by atoms with Crippen molar-refractivity contribution in [1.29, 1.82) is 0 Å². The van der Waals surface area contributed by atoms with Crippen LogP contribution >= 0.6 is 11.3 Å². The minimum absolute atomic E-state index is 0.0260. The van der Waals surface area contributed by atoms with Gasteiger partial charge >= 0.3 is 5.82 Å². The molecule has 9 nitrogen and oxygen atoms in total. The first-order chi connectivity index (χ1) is 12.1. The van der Waals surface area contributed by atoms with Crippen molar-refractivity contribution in [2.75, 3.05) is 11.4 Å². The van der Waals surface area contributed by atoms with Gasteiger partial charge in [0.15, 0.2) is 5.82 Å². The van der Waals surface area contributed by atoms with Crippen LogP contribution in [0.3, 0.4) is 0 Å². The van der Waals surface area contributed by atoms with Gasteiger partial charge in [0.2, 0.25) is 5.82 Å². The first kappa shape index (κ1) is 16.0. The van der Waals surface area contributed by atoms with E-state index in [2.05, 4.69) is 33.6 Å². The molecule has 0 amide bonds. The van der Waals surface area contributed by atoms with Gasteiger partial charge in [0.1, 0.15) is 12.5 Å². The zero-order valence-corrected chi connectivity index (χ0v) is 14.9. The lowest BCUT2D eigenvalue weighted by molar-refractivity contribution is -0.389. The highest BCUT2D eigenvalue weighted by molar-refractivity contribution is 7.15. The summed E-state index contributed by atoms with van der Waals surface area (Å²) in [7, 11) is 0. The number of thiazole rings is 1. The van der Waals surface area contributed by atoms with Crippen LogP contribution in [0.15, 0.2) is 17.9 Å². The van der Waals surface area contributed by atoms with Crippen molar-refractivity contribution >= 4 is 27.9 Å². The highest BCUT2D eigenvalue weighted by Gasteiger charge is 2.37. The molecule has 25 heavy (non-hydrogen) atoms. The highest BCUT2D eigenvalue weighted by atomic mass is 32.1. The summed E-state index contributed by atoms with van der Waals surface area (Å²) in [5.74, 6) is 1.78. The SMILES string of the molecule is CC(C)Cn1cnnc1C1CCCN1c1nc2sccn2c1[N+](=O)[O-]. The van der Waals surface area contributed by atoms with Gasteiger partial charge in [-0.1, -0.05) is 25.2 Å². The van der Waals surface area contributed by atoms with E-state index in [1.807, 2.05) is 4.90 Å². The second-order valence-corrected chi connectivity index (χ2v) is 7.53. The summed E-state index contributed by atoms with van der Waals surface area (Å²) in [6, 6.07) is -0.0374. The van der Waals surface area contributed by atoms with Gasteiger partial charge in [0, 0.05) is 18.5 Å². The lowest BCUT2D eigenvalue weighted by atomic mass is 10.2. The van der Waals surface area contributed by atoms with E-state index in [1.165, 1.54) is 11.3 Å². The van der Waals surface area contributed by atoms with Crippen LogP contribution in [0.25, 0.3) is 4.96 Å². The number of aromatic nitrogens is 5. The van der Waals surface area contributed by atoms with Gasteiger partial charge in [-0.25, -0.2) is 0 Å². The van der Waals surface area contributed by atoms with Crippen molar-refractivity contribution < 1.29 is 4.92 Å². The van der Waals surface area contributed by atoms with E-state index in [4.69, 9.17) is 0 Å². The van der Waals surface area contributed by atoms with E-state index in [9.17, 15) is 10.1 Å². The number of imidazole rings is 1. The molecule has 0 bridgehead atoms. The molecule has 1 aliphatic rings. The summed E-state index contributed by atoms with van der Waals surface area (Å²) in [5.41, 5.74) is 0. The van der Waals surface area contributed by atoms with Gasteiger partial charge in [-0.15, -0.1) is 10.2 Å². The standard InChI is InChI=1S/C15H19N7O2S/c1-10(2)8-19-9-16-18-12(19)11-4-3-5-20(11)13-14(22(23)24)21-6-7-25-15(21)17-13/h6-7,9-11H,3-5,8H2,1-2H3. The maximum atomic E-state index is 11.6. The fourth-order valence-electron chi connectivity index (χ4n) is 3.47. The lowest BCUT2D eigenvalue weighted by Crippen LogP contribution is -2.26. The fourth-order valence-corrected chi connectivity index (χ4v) is 4.17. The Bertz CT molecular complexity index is 912. The Kier molecular flexibility index (Phi) is 3.91. The molecule has 0 N–H and O–H groups in total. The average Bonchev–Trinajstić information content (AvgIpc) is 3.28. The molecule has 0 saturated carbocycles. The minimum Gasteiger partial charge on any atom is -0.358 e. The highest BCUT2D eigenvalue weighted by Crippen LogP contribution is 2.40. The first-order valence-corrected chi connectivity index (χ1v) is 9.18. The van der Waals surface area contributed by atoms with Crippen molar-refractivity contribution in [3.63, 3.8) is 0 Å². The molecule has 3 aromatic rings. The molecule has 1 aliphatic heterocycles. The quantitative estimate of drug-likeness (QED) is 0.512.